The van der Waals surface area contributed by atoms with Crippen molar-refractivity contribution >= 4 is 17.6 Å². The molecule has 1 aromatic rings. The van der Waals surface area contributed by atoms with E-state index in [1.807, 2.05) is 0 Å². The molecule has 0 radical (unpaired) electrons. The molecule has 3 nitrogen and oxygen atoms in total. The molecule has 0 aliphatic heterocycles. The van der Waals surface area contributed by atoms with Gasteiger partial charge >= 0.3 is 5.97 Å². The van der Waals surface area contributed by atoms with Gasteiger partial charge in [-0.2, -0.15) is 0 Å². The predicted molar refractivity (Wildman–Crippen MR) is 49.4 cm³/mol. The van der Waals surface area contributed by atoms with Gasteiger partial charge in [-0.15, -0.1) is 0 Å². The molecule has 0 saturated carbocycles. The van der Waals surface area contributed by atoms with Crippen LogP contribution >= 0.6 is 11.6 Å². The van der Waals surface area contributed by atoms with Crippen molar-refractivity contribution in [1.29, 1.82) is 0 Å². The number of hydrogen-bond acceptors (Lipinski definition) is 3. The SMILES string of the molecule is CC(=O)OC(C)c1ccnc(Cl)c1. The van der Waals surface area contributed by atoms with E-state index in [2.05, 4.69) is 4.98 Å². The minimum atomic E-state index is -0.305. The summed E-state index contributed by atoms with van der Waals surface area (Å²) in [6.45, 7) is 3.16. The highest BCUT2D eigenvalue weighted by molar-refractivity contribution is 6.29. The van der Waals surface area contributed by atoms with Crippen molar-refractivity contribution in [3.63, 3.8) is 0 Å². The van der Waals surface area contributed by atoms with E-state index in [1.54, 1.807) is 25.3 Å². The molecule has 1 heterocycles. The van der Waals surface area contributed by atoms with E-state index in [1.165, 1.54) is 6.92 Å². The maximum atomic E-state index is 10.6. The zero-order chi connectivity index (χ0) is 9.84. The number of carbonyl (C=O) groups excluding carboxylic acids is 1. The average molecular weight is 200 g/mol. The lowest BCUT2D eigenvalue weighted by Gasteiger charge is -2.11. The van der Waals surface area contributed by atoms with Gasteiger partial charge in [-0.3, -0.25) is 4.79 Å². The van der Waals surface area contributed by atoms with Gasteiger partial charge in [0.2, 0.25) is 0 Å². The molecule has 0 amide bonds. The first-order valence-corrected chi connectivity index (χ1v) is 4.26. The summed E-state index contributed by atoms with van der Waals surface area (Å²) >= 11 is 5.67. The molecular formula is C9H10ClNO2. The van der Waals surface area contributed by atoms with Crippen LogP contribution in [0.3, 0.4) is 0 Å². The second-order valence-electron chi connectivity index (χ2n) is 2.66. The highest BCUT2D eigenvalue weighted by atomic mass is 35.5. The van der Waals surface area contributed by atoms with Gasteiger partial charge < -0.3 is 4.74 Å². The smallest absolute Gasteiger partial charge is 0.303 e. The minimum Gasteiger partial charge on any atom is -0.458 e. The van der Waals surface area contributed by atoms with Gasteiger partial charge in [0.15, 0.2) is 0 Å². The van der Waals surface area contributed by atoms with Crippen molar-refractivity contribution in [3.8, 4) is 0 Å². The first-order valence-electron chi connectivity index (χ1n) is 3.88. The Morgan fingerprint density at radius 2 is 2.38 bits per heavy atom. The number of pyridine rings is 1. The fourth-order valence-electron chi connectivity index (χ4n) is 0.987. The van der Waals surface area contributed by atoms with E-state index in [9.17, 15) is 4.79 Å². The van der Waals surface area contributed by atoms with Crippen LogP contribution in [-0.2, 0) is 9.53 Å². The van der Waals surface area contributed by atoms with E-state index in [4.69, 9.17) is 16.3 Å². The second-order valence-corrected chi connectivity index (χ2v) is 3.05. The Balaban J connectivity index is 2.76. The van der Waals surface area contributed by atoms with Crippen LogP contribution in [0.2, 0.25) is 5.15 Å². The Morgan fingerprint density at radius 3 is 2.92 bits per heavy atom. The van der Waals surface area contributed by atoms with Crippen LogP contribution in [0.4, 0.5) is 0 Å². The van der Waals surface area contributed by atoms with Crippen LogP contribution in [0, 0.1) is 0 Å². The van der Waals surface area contributed by atoms with Crippen LogP contribution in [0.1, 0.15) is 25.5 Å². The number of carbonyl (C=O) groups is 1. The normalized spacial score (nSPS) is 12.2. The molecule has 0 N–H and O–H groups in total. The Morgan fingerprint density at radius 1 is 1.69 bits per heavy atom. The summed E-state index contributed by atoms with van der Waals surface area (Å²) in [5, 5.41) is 0.400. The molecular weight excluding hydrogens is 190 g/mol. The zero-order valence-corrected chi connectivity index (χ0v) is 8.21. The van der Waals surface area contributed by atoms with Crippen LogP contribution in [0.5, 0.6) is 0 Å². The first-order chi connectivity index (χ1) is 6.09. The van der Waals surface area contributed by atoms with Crippen molar-refractivity contribution in [1.82, 2.24) is 4.98 Å². The number of aromatic nitrogens is 1. The number of hydrogen-bond donors (Lipinski definition) is 0. The summed E-state index contributed by atoms with van der Waals surface area (Å²) in [5.41, 5.74) is 0.843. The third kappa shape index (κ3) is 3.03. The summed E-state index contributed by atoms with van der Waals surface area (Å²) in [6.07, 6.45) is 1.30. The number of nitrogens with zero attached hydrogens (tertiary/aromatic N) is 1. The maximum Gasteiger partial charge on any atom is 0.303 e. The summed E-state index contributed by atoms with van der Waals surface area (Å²) in [6, 6.07) is 3.44. The fourth-order valence-corrected chi connectivity index (χ4v) is 1.17. The molecule has 13 heavy (non-hydrogen) atoms. The maximum absolute atomic E-state index is 10.6. The van der Waals surface area contributed by atoms with Crippen molar-refractivity contribution in [3.05, 3.63) is 29.0 Å². The standard InChI is InChI=1S/C9H10ClNO2/c1-6(13-7(2)12)8-3-4-11-9(10)5-8/h3-6H,1-2H3. The van der Waals surface area contributed by atoms with Crippen molar-refractivity contribution in [2.24, 2.45) is 0 Å². The van der Waals surface area contributed by atoms with Crippen LogP contribution in [0.15, 0.2) is 18.3 Å². The van der Waals surface area contributed by atoms with Crippen LogP contribution in [-0.4, -0.2) is 11.0 Å². The summed E-state index contributed by atoms with van der Waals surface area (Å²) in [7, 11) is 0. The van der Waals surface area contributed by atoms with E-state index < -0.39 is 0 Å². The van der Waals surface area contributed by atoms with Crippen molar-refractivity contribution in [2.45, 2.75) is 20.0 Å². The van der Waals surface area contributed by atoms with Gasteiger partial charge in [-0.25, -0.2) is 4.98 Å². The minimum absolute atomic E-state index is 0.280. The lowest BCUT2D eigenvalue weighted by Crippen LogP contribution is -2.04. The number of ether oxygens (including phenoxy) is 1. The van der Waals surface area contributed by atoms with E-state index in [0.717, 1.165) is 5.56 Å². The predicted octanol–water partition coefficient (Wildman–Crippen LogP) is 2.36. The average Bonchev–Trinajstić information content (AvgIpc) is 2.03. The molecule has 0 bridgehead atoms. The van der Waals surface area contributed by atoms with Crippen molar-refractivity contribution in [2.75, 3.05) is 0 Å². The van der Waals surface area contributed by atoms with Gasteiger partial charge in [-0.05, 0) is 24.6 Å². The van der Waals surface area contributed by atoms with Crippen LogP contribution in [0.25, 0.3) is 0 Å². The molecule has 0 saturated heterocycles. The summed E-state index contributed by atoms with van der Waals surface area (Å²) < 4.78 is 4.97. The quantitative estimate of drug-likeness (QED) is 0.542. The van der Waals surface area contributed by atoms with Crippen molar-refractivity contribution < 1.29 is 9.53 Å². The Labute approximate surface area is 81.7 Å². The topological polar surface area (TPSA) is 39.2 Å². The lowest BCUT2D eigenvalue weighted by molar-refractivity contribution is -0.145. The molecule has 0 aromatic carbocycles. The molecule has 0 fully saturated rings. The van der Waals surface area contributed by atoms with E-state index in [0.29, 0.717) is 5.15 Å². The molecule has 1 aromatic heterocycles. The third-order valence-electron chi connectivity index (χ3n) is 1.56. The largest absolute Gasteiger partial charge is 0.458 e. The highest BCUT2D eigenvalue weighted by Gasteiger charge is 2.08. The Kier molecular flexibility index (Phi) is 3.25. The van der Waals surface area contributed by atoms with Gasteiger partial charge in [0.1, 0.15) is 11.3 Å². The summed E-state index contributed by atoms with van der Waals surface area (Å²) in [4.78, 5) is 14.5. The summed E-state index contributed by atoms with van der Waals surface area (Å²) in [5.74, 6) is -0.305. The molecule has 0 aliphatic rings. The van der Waals surface area contributed by atoms with E-state index in [-0.39, 0.29) is 12.1 Å². The Hall–Kier alpha value is -1.09. The van der Waals surface area contributed by atoms with Gasteiger partial charge in [0.25, 0.3) is 0 Å². The van der Waals surface area contributed by atoms with Gasteiger partial charge in [-0.1, -0.05) is 11.6 Å². The molecule has 0 aliphatic carbocycles. The molecule has 1 rings (SSSR count). The molecule has 1 atom stereocenters. The number of rotatable bonds is 2. The molecule has 70 valence electrons. The van der Waals surface area contributed by atoms with Gasteiger partial charge in [0.05, 0.1) is 0 Å². The Bertz CT molecular complexity index is 314. The number of esters is 1. The molecule has 0 spiro atoms. The molecule has 1 unspecified atom stereocenters. The van der Waals surface area contributed by atoms with Gasteiger partial charge in [0, 0.05) is 13.1 Å². The highest BCUT2D eigenvalue weighted by Crippen LogP contribution is 2.18. The fraction of sp³-hybridized carbons (Fsp3) is 0.333. The first kappa shape index (κ1) is 9.99. The molecule has 4 heteroatoms. The lowest BCUT2D eigenvalue weighted by atomic mass is 10.2. The van der Waals surface area contributed by atoms with Crippen LogP contribution < -0.4 is 0 Å². The van der Waals surface area contributed by atoms with E-state index >= 15 is 0 Å². The number of halogens is 1. The second kappa shape index (κ2) is 4.23. The third-order valence-corrected chi connectivity index (χ3v) is 1.77. The zero-order valence-electron chi connectivity index (χ0n) is 7.45. The monoisotopic (exact) mass is 199 g/mol.